The second kappa shape index (κ2) is 5.72. The fourth-order valence-corrected chi connectivity index (χ4v) is 2.31. The number of fused-ring (bicyclic) bond motifs is 1. The summed E-state index contributed by atoms with van der Waals surface area (Å²) < 4.78 is 4.37. The molecule has 8 nitrogen and oxygen atoms in total. The molecule has 1 atom stereocenters. The van der Waals surface area contributed by atoms with E-state index >= 15 is 0 Å². The number of imidazole rings is 1. The predicted octanol–water partition coefficient (Wildman–Crippen LogP) is -0.225. The number of aromatic nitrogens is 4. The Bertz CT molecular complexity index is 770. The summed E-state index contributed by atoms with van der Waals surface area (Å²) in [6.07, 6.45) is 0.773. The molecule has 2 aromatic heterocycles. The Balaban J connectivity index is 2.84. The lowest BCUT2D eigenvalue weighted by Gasteiger charge is -2.14. The summed E-state index contributed by atoms with van der Waals surface area (Å²) in [6.45, 7) is 4.93. The van der Waals surface area contributed by atoms with Crippen LogP contribution in [0.5, 0.6) is 0 Å². The first-order chi connectivity index (χ1) is 9.93. The molecule has 8 heteroatoms. The number of anilines is 1. The molecule has 0 saturated carbocycles. The van der Waals surface area contributed by atoms with Gasteiger partial charge in [0.15, 0.2) is 11.2 Å². The Morgan fingerprint density at radius 1 is 1.29 bits per heavy atom. The van der Waals surface area contributed by atoms with Crippen LogP contribution in [0.3, 0.4) is 0 Å². The molecule has 0 aromatic carbocycles. The SMILES string of the molecule is CCC(C)n1c(=O)n(C)c(=O)c2c1nc(NCCN)n2C. The number of aryl methyl sites for hydroxylation is 1. The Kier molecular flexibility index (Phi) is 4.17. The summed E-state index contributed by atoms with van der Waals surface area (Å²) in [5, 5.41) is 3.07. The van der Waals surface area contributed by atoms with Gasteiger partial charge in [0.05, 0.1) is 0 Å². The molecule has 0 aliphatic rings. The first kappa shape index (κ1) is 15.3. The smallest absolute Gasteiger partial charge is 0.332 e. The number of nitrogens with one attached hydrogen (secondary N) is 1. The molecule has 2 rings (SSSR count). The van der Waals surface area contributed by atoms with E-state index < -0.39 is 0 Å². The first-order valence-corrected chi connectivity index (χ1v) is 7.05. The first-order valence-electron chi connectivity index (χ1n) is 7.05. The van der Waals surface area contributed by atoms with Crippen LogP contribution < -0.4 is 22.3 Å². The van der Waals surface area contributed by atoms with Crippen molar-refractivity contribution in [2.24, 2.45) is 19.8 Å². The summed E-state index contributed by atoms with van der Waals surface area (Å²) >= 11 is 0. The van der Waals surface area contributed by atoms with Crippen molar-refractivity contribution in [1.29, 1.82) is 0 Å². The molecule has 0 amide bonds. The van der Waals surface area contributed by atoms with Crippen molar-refractivity contribution in [2.45, 2.75) is 26.3 Å². The third kappa shape index (κ3) is 2.35. The summed E-state index contributed by atoms with van der Waals surface area (Å²) in [5.74, 6) is 0.537. The highest BCUT2D eigenvalue weighted by Crippen LogP contribution is 2.18. The molecule has 0 bridgehead atoms. The topological polar surface area (TPSA) is 99.9 Å². The second-order valence-electron chi connectivity index (χ2n) is 5.16. The molecule has 0 saturated heterocycles. The highest BCUT2D eigenvalue weighted by molar-refractivity contribution is 5.74. The van der Waals surface area contributed by atoms with Crippen LogP contribution in [0.1, 0.15) is 26.3 Å². The maximum atomic E-state index is 12.4. The van der Waals surface area contributed by atoms with Crippen molar-refractivity contribution in [3.63, 3.8) is 0 Å². The molecule has 0 aliphatic carbocycles. The van der Waals surface area contributed by atoms with Gasteiger partial charge in [0.1, 0.15) is 0 Å². The summed E-state index contributed by atoms with van der Waals surface area (Å²) in [4.78, 5) is 29.2. The van der Waals surface area contributed by atoms with Crippen LogP contribution in [0.15, 0.2) is 9.59 Å². The fraction of sp³-hybridized carbons (Fsp3) is 0.615. The van der Waals surface area contributed by atoms with Crippen molar-refractivity contribution in [3.8, 4) is 0 Å². The highest BCUT2D eigenvalue weighted by Gasteiger charge is 2.20. The van der Waals surface area contributed by atoms with Gasteiger partial charge in [0.25, 0.3) is 5.56 Å². The monoisotopic (exact) mass is 294 g/mol. The zero-order valence-corrected chi connectivity index (χ0v) is 12.9. The van der Waals surface area contributed by atoms with Crippen molar-refractivity contribution in [3.05, 3.63) is 20.8 Å². The van der Waals surface area contributed by atoms with Crippen LogP contribution >= 0.6 is 0 Å². The van der Waals surface area contributed by atoms with E-state index in [-0.39, 0.29) is 17.3 Å². The predicted molar refractivity (Wildman–Crippen MR) is 82.8 cm³/mol. The van der Waals surface area contributed by atoms with E-state index in [1.54, 1.807) is 16.2 Å². The van der Waals surface area contributed by atoms with Gasteiger partial charge in [0.2, 0.25) is 5.95 Å². The Morgan fingerprint density at radius 3 is 2.52 bits per heavy atom. The van der Waals surface area contributed by atoms with Gasteiger partial charge >= 0.3 is 5.69 Å². The zero-order valence-electron chi connectivity index (χ0n) is 12.9. The molecule has 116 valence electrons. The van der Waals surface area contributed by atoms with Crippen LogP contribution in [-0.2, 0) is 14.1 Å². The molecule has 0 spiro atoms. The summed E-state index contributed by atoms with van der Waals surface area (Å²) in [5.41, 5.74) is 5.62. The molecule has 0 radical (unpaired) electrons. The number of hydrogen-bond acceptors (Lipinski definition) is 5. The minimum atomic E-state index is -0.342. The van der Waals surface area contributed by atoms with Gasteiger partial charge in [-0.25, -0.2) is 4.79 Å². The third-order valence-corrected chi connectivity index (χ3v) is 3.76. The number of nitrogens with two attached hydrogens (primary N) is 1. The van der Waals surface area contributed by atoms with Gasteiger partial charge in [-0.05, 0) is 13.3 Å². The Hall–Kier alpha value is -2.09. The van der Waals surface area contributed by atoms with Crippen LogP contribution in [0.2, 0.25) is 0 Å². The highest BCUT2D eigenvalue weighted by atomic mass is 16.2. The van der Waals surface area contributed by atoms with E-state index in [0.29, 0.717) is 30.2 Å². The maximum absolute atomic E-state index is 12.4. The third-order valence-electron chi connectivity index (χ3n) is 3.76. The van der Waals surface area contributed by atoms with E-state index in [2.05, 4.69) is 10.3 Å². The van der Waals surface area contributed by atoms with Crippen molar-refractivity contribution >= 4 is 17.1 Å². The van der Waals surface area contributed by atoms with Gasteiger partial charge in [-0.2, -0.15) is 4.98 Å². The molecule has 2 aromatic rings. The Labute approximate surface area is 122 Å². The number of nitrogens with zero attached hydrogens (tertiary/aromatic N) is 4. The molecule has 21 heavy (non-hydrogen) atoms. The molecule has 0 fully saturated rings. The quantitative estimate of drug-likeness (QED) is 0.794. The van der Waals surface area contributed by atoms with Gasteiger partial charge in [0, 0.05) is 33.2 Å². The van der Waals surface area contributed by atoms with Crippen molar-refractivity contribution in [2.75, 3.05) is 18.4 Å². The minimum Gasteiger partial charge on any atom is -0.354 e. The number of rotatable bonds is 5. The molecule has 2 heterocycles. The van der Waals surface area contributed by atoms with Crippen LogP contribution in [-0.4, -0.2) is 31.8 Å². The van der Waals surface area contributed by atoms with Gasteiger partial charge in [-0.1, -0.05) is 6.92 Å². The Morgan fingerprint density at radius 2 is 1.95 bits per heavy atom. The number of hydrogen-bond donors (Lipinski definition) is 2. The minimum absolute atomic E-state index is 0.0379. The zero-order chi connectivity index (χ0) is 15.7. The van der Waals surface area contributed by atoms with Crippen molar-refractivity contribution in [1.82, 2.24) is 18.7 Å². The molecular weight excluding hydrogens is 272 g/mol. The van der Waals surface area contributed by atoms with E-state index in [0.717, 1.165) is 11.0 Å². The molecule has 3 N–H and O–H groups in total. The second-order valence-corrected chi connectivity index (χ2v) is 5.16. The standard InChI is InChI=1S/C13H22N6O2/c1-5-8(2)19-10-9(11(20)18(4)13(19)21)17(3)12(16-10)15-7-6-14/h8H,5-7,14H2,1-4H3,(H,15,16). The lowest BCUT2D eigenvalue weighted by atomic mass is 10.2. The lowest BCUT2D eigenvalue weighted by molar-refractivity contribution is 0.499. The average Bonchev–Trinajstić information content (AvgIpc) is 2.79. The van der Waals surface area contributed by atoms with E-state index in [4.69, 9.17) is 5.73 Å². The maximum Gasteiger partial charge on any atom is 0.332 e. The van der Waals surface area contributed by atoms with E-state index in [9.17, 15) is 9.59 Å². The molecule has 1 unspecified atom stereocenters. The van der Waals surface area contributed by atoms with Crippen LogP contribution in [0.4, 0.5) is 5.95 Å². The van der Waals surface area contributed by atoms with E-state index in [1.807, 2.05) is 13.8 Å². The van der Waals surface area contributed by atoms with Crippen molar-refractivity contribution < 1.29 is 0 Å². The van der Waals surface area contributed by atoms with Gasteiger partial charge in [-0.3, -0.25) is 13.9 Å². The van der Waals surface area contributed by atoms with E-state index in [1.165, 1.54) is 7.05 Å². The van der Waals surface area contributed by atoms with Gasteiger partial charge < -0.3 is 15.6 Å². The van der Waals surface area contributed by atoms with Gasteiger partial charge in [-0.15, -0.1) is 0 Å². The average molecular weight is 294 g/mol. The molecule has 0 aliphatic heterocycles. The van der Waals surface area contributed by atoms with Crippen LogP contribution in [0, 0.1) is 0 Å². The largest absolute Gasteiger partial charge is 0.354 e. The fourth-order valence-electron chi connectivity index (χ4n) is 2.31. The summed E-state index contributed by atoms with van der Waals surface area (Å²) in [7, 11) is 3.24. The van der Waals surface area contributed by atoms with Crippen LogP contribution in [0.25, 0.3) is 11.2 Å². The normalized spacial score (nSPS) is 12.8. The lowest BCUT2D eigenvalue weighted by Crippen LogP contribution is -2.39. The summed E-state index contributed by atoms with van der Waals surface area (Å²) in [6, 6.07) is -0.0379. The molecular formula is C13H22N6O2.